The average Bonchev–Trinajstić information content (AvgIpc) is 2.77. The van der Waals surface area contributed by atoms with Gasteiger partial charge in [0.25, 0.3) is 0 Å². The molecule has 2 aromatic carbocycles. The molecule has 0 amide bonds. The minimum absolute atomic E-state index is 0.204. The fourth-order valence-corrected chi connectivity index (χ4v) is 2.17. The summed E-state index contributed by atoms with van der Waals surface area (Å²) >= 11 is 0. The van der Waals surface area contributed by atoms with E-state index in [1.165, 1.54) is 0 Å². The molecule has 0 fully saturated rings. The van der Waals surface area contributed by atoms with Gasteiger partial charge in [-0.3, -0.25) is 0 Å². The number of hydrogen-bond acceptors (Lipinski definition) is 4. The van der Waals surface area contributed by atoms with Crippen LogP contribution in [0.5, 0.6) is 5.75 Å². The largest absolute Gasteiger partial charge is 0.507 e. The topological polar surface area (TPSA) is 63.3 Å². The Bertz CT molecular complexity index is 785. The molecule has 0 aliphatic carbocycles. The van der Waals surface area contributed by atoms with E-state index in [1.54, 1.807) is 17.0 Å². The third-order valence-electron chi connectivity index (χ3n) is 3.20. The molecule has 3 rings (SSSR count). The lowest BCUT2D eigenvalue weighted by Gasteiger charge is -2.05. The van der Waals surface area contributed by atoms with Gasteiger partial charge in [0.2, 0.25) is 0 Å². The fraction of sp³-hybridized carbons (Fsp3) is 0.133. The van der Waals surface area contributed by atoms with E-state index in [0.29, 0.717) is 17.2 Å². The summed E-state index contributed by atoms with van der Waals surface area (Å²) in [6, 6.07) is 11.4. The number of fused-ring (bicyclic) bond motifs is 1. The lowest BCUT2D eigenvalue weighted by molar-refractivity contribution is 0.475. The molecule has 0 aliphatic heterocycles. The Kier molecular flexibility index (Phi) is 2.95. The lowest BCUT2D eigenvalue weighted by atomic mass is 10.0. The highest BCUT2D eigenvalue weighted by molar-refractivity contribution is 6.02. The SMILES string of the molecule is Cc1nnc(C)n1N=Cc1c(O)ccc2ccccc12. The average molecular weight is 266 g/mol. The van der Waals surface area contributed by atoms with Gasteiger partial charge in [-0.15, -0.1) is 10.2 Å². The molecule has 100 valence electrons. The van der Waals surface area contributed by atoms with E-state index in [4.69, 9.17) is 0 Å². The third-order valence-corrected chi connectivity index (χ3v) is 3.20. The maximum absolute atomic E-state index is 10.0. The highest BCUT2D eigenvalue weighted by Gasteiger charge is 2.06. The van der Waals surface area contributed by atoms with Crippen LogP contribution in [0.4, 0.5) is 0 Å². The summed E-state index contributed by atoms with van der Waals surface area (Å²) in [6.07, 6.45) is 1.64. The molecule has 1 aromatic heterocycles. The first-order valence-electron chi connectivity index (χ1n) is 6.30. The van der Waals surface area contributed by atoms with Crippen molar-refractivity contribution in [2.24, 2.45) is 5.10 Å². The van der Waals surface area contributed by atoms with Crippen LogP contribution in [0.25, 0.3) is 10.8 Å². The normalized spacial score (nSPS) is 11.5. The monoisotopic (exact) mass is 266 g/mol. The minimum Gasteiger partial charge on any atom is -0.507 e. The molecule has 0 atom stereocenters. The predicted octanol–water partition coefficient (Wildman–Crippen LogP) is 2.64. The van der Waals surface area contributed by atoms with Gasteiger partial charge < -0.3 is 5.11 Å². The van der Waals surface area contributed by atoms with Crippen LogP contribution in [0, 0.1) is 13.8 Å². The molecule has 0 radical (unpaired) electrons. The van der Waals surface area contributed by atoms with Crippen molar-refractivity contribution in [1.82, 2.24) is 14.9 Å². The summed E-state index contributed by atoms with van der Waals surface area (Å²) < 4.78 is 1.64. The molecule has 0 saturated heterocycles. The summed E-state index contributed by atoms with van der Waals surface area (Å²) in [5, 5.41) is 24.3. The molecule has 5 nitrogen and oxygen atoms in total. The summed E-state index contributed by atoms with van der Waals surface area (Å²) in [4.78, 5) is 0. The number of phenols is 1. The summed E-state index contributed by atoms with van der Waals surface area (Å²) in [6.45, 7) is 3.67. The first-order valence-corrected chi connectivity index (χ1v) is 6.30. The van der Waals surface area contributed by atoms with Crippen LogP contribution < -0.4 is 0 Å². The van der Waals surface area contributed by atoms with E-state index in [0.717, 1.165) is 10.8 Å². The molecule has 3 aromatic rings. The highest BCUT2D eigenvalue weighted by atomic mass is 16.3. The predicted molar refractivity (Wildman–Crippen MR) is 78.1 cm³/mol. The Morgan fingerprint density at radius 2 is 1.75 bits per heavy atom. The number of hydrogen-bond donors (Lipinski definition) is 1. The van der Waals surface area contributed by atoms with Crippen molar-refractivity contribution in [2.45, 2.75) is 13.8 Å². The van der Waals surface area contributed by atoms with Crippen molar-refractivity contribution in [3.8, 4) is 5.75 Å². The number of rotatable bonds is 2. The molecule has 0 unspecified atom stereocenters. The standard InChI is InChI=1S/C15H14N4O/c1-10-17-18-11(2)19(10)16-9-14-13-6-4-3-5-12(13)7-8-15(14)20/h3-9,20H,1-2H3. The molecule has 0 spiro atoms. The van der Waals surface area contributed by atoms with Gasteiger partial charge in [0, 0.05) is 5.56 Å². The zero-order valence-electron chi connectivity index (χ0n) is 11.3. The van der Waals surface area contributed by atoms with E-state index in [2.05, 4.69) is 15.3 Å². The molecule has 20 heavy (non-hydrogen) atoms. The van der Waals surface area contributed by atoms with E-state index in [9.17, 15) is 5.11 Å². The fourth-order valence-electron chi connectivity index (χ4n) is 2.17. The number of benzene rings is 2. The number of aryl methyl sites for hydroxylation is 2. The molecular formula is C15H14N4O. The third kappa shape index (κ3) is 2.03. The van der Waals surface area contributed by atoms with E-state index >= 15 is 0 Å². The van der Waals surface area contributed by atoms with Crippen molar-refractivity contribution in [2.75, 3.05) is 0 Å². The van der Waals surface area contributed by atoms with Gasteiger partial charge in [-0.25, -0.2) is 4.68 Å². The van der Waals surface area contributed by atoms with Crippen LogP contribution >= 0.6 is 0 Å². The van der Waals surface area contributed by atoms with Crippen molar-refractivity contribution < 1.29 is 5.11 Å². The van der Waals surface area contributed by atoms with Gasteiger partial charge in [-0.05, 0) is 30.7 Å². The maximum atomic E-state index is 10.0. The van der Waals surface area contributed by atoms with Crippen LogP contribution in [-0.4, -0.2) is 26.2 Å². The lowest BCUT2D eigenvalue weighted by Crippen LogP contribution is -1.97. The van der Waals surface area contributed by atoms with Crippen molar-refractivity contribution >= 4 is 17.0 Å². The molecule has 0 bridgehead atoms. The van der Waals surface area contributed by atoms with Gasteiger partial charge in [-0.1, -0.05) is 30.3 Å². The van der Waals surface area contributed by atoms with Crippen molar-refractivity contribution in [1.29, 1.82) is 0 Å². The molecule has 0 aliphatic rings. The number of aromatic hydroxyl groups is 1. The Hall–Kier alpha value is -2.69. The summed E-state index contributed by atoms with van der Waals surface area (Å²) in [5.74, 6) is 1.62. The minimum atomic E-state index is 0.204. The van der Waals surface area contributed by atoms with Gasteiger partial charge >= 0.3 is 0 Å². The summed E-state index contributed by atoms with van der Waals surface area (Å²) in [7, 11) is 0. The summed E-state index contributed by atoms with van der Waals surface area (Å²) in [5.41, 5.74) is 0.690. The van der Waals surface area contributed by atoms with Crippen LogP contribution in [0.2, 0.25) is 0 Å². The second-order valence-electron chi connectivity index (χ2n) is 4.57. The van der Waals surface area contributed by atoms with Crippen molar-refractivity contribution in [3.63, 3.8) is 0 Å². The zero-order valence-corrected chi connectivity index (χ0v) is 11.3. The zero-order chi connectivity index (χ0) is 14.1. The number of aromatic nitrogens is 3. The van der Waals surface area contributed by atoms with Gasteiger partial charge in [0.05, 0.1) is 6.21 Å². The van der Waals surface area contributed by atoms with Crippen LogP contribution in [-0.2, 0) is 0 Å². The Balaban J connectivity index is 2.13. The van der Waals surface area contributed by atoms with Gasteiger partial charge in [0.1, 0.15) is 5.75 Å². The maximum Gasteiger partial charge on any atom is 0.151 e. The smallest absolute Gasteiger partial charge is 0.151 e. The quantitative estimate of drug-likeness (QED) is 0.725. The molecule has 1 heterocycles. The van der Waals surface area contributed by atoms with Crippen LogP contribution in [0.3, 0.4) is 0 Å². The number of phenolic OH excluding ortho intramolecular Hbond substituents is 1. The molecular weight excluding hydrogens is 252 g/mol. The van der Waals surface area contributed by atoms with E-state index in [1.807, 2.05) is 44.2 Å². The molecule has 0 saturated carbocycles. The molecule has 1 N–H and O–H groups in total. The second kappa shape index (κ2) is 4.77. The van der Waals surface area contributed by atoms with Gasteiger partial charge in [-0.2, -0.15) is 5.10 Å². The Labute approximate surface area is 116 Å². The van der Waals surface area contributed by atoms with Gasteiger partial charge in [0.15, 0.2) is 11.6 Å². The first-order chi connectivity index (χ1) is 9.66. The Morgan fingerprint density at radius 1 is 1.05 bits per heavy atom. The first kappa shape index (κ1) is 12.3. The Morgan fingerprint density at radius 3 is 2.50 bits per heavy atom. The van der Waals surface area contributed by atoms with Crippen LogP contribution in [0.1, 0.15) is 17.2 Å². The van der Waals surface area contributed by atoms with E-state index in [-0.39, 0.29) is 5.75 Å². The van der Waals surface area contributed by atoms with Crippen molar-refractivity contribution in [3.05, 3.63) is 53.6 Å². The van der Waals surface area contributed by atoms with Crippen LogP contribution in [0.15, 0.2) is 41.5 Å². The van der Waals surface area contributed by atoms with E-state index < -0.39 is 0 Å². The highest BCUT2D eigenvalue weighted by Crippen LogP contribution is 2.25. The molecule has 5 heteroatoms. The second-order valence-corrected chi connectivity index (χ2v) is 4.57. The number of nitrogens with zero attached hydrogens (tertiary/aromatic N) is 4.